The second-order valence-corrected chi connectivity index (χ2v) is 8.01. The number of amides is 2. The Hall–Kier alpha value is -2.88. The Bertz CT molecular complexity index is 1130. The third-order valence-electron chi connectivity index (χ3n) is 5.27. The van der Waals surface area contributed by atoms with Crippen molar-refractivity contribution in [2.24, 2.45) is 0 Å². The fraction of sp³-hybridized carbons (Fsp3) is 0.278. The van der Waals surface area contributed by atoms with Crippen LogP contribution in [0.15, 0.2) is 35.1 Å². The average molecular weight is 445 g/mol. The number of alkyl halides is 1. The quantitative estimate of drug-likeness (QED) is 0.644. The predicted molar refractivity (Wildman–Crippen MR) is 102 cm³/mol. The molecule has 1 aliphatic heterocycles. The molecule has 0 radical (unpaired) electrons. The van der Waals surface area contributed by atoms with Crippen molar-refractivity contribution in [3.05, 3.63) is 46.2 Å². The number of carbonyl (C=O) groups is 2. The molecule has 3 heterocycles. The summed E-state index contributed by atoms with van der Waals surface area (Å²) in [5.41, 5.74) is 0.927. The number of carbonyl (C=O) groups excluding carboxylic acids is 2. The van der Waals surface area contributed by atoms with Gasteiger partial charge in [0.15, 0.2) is 5.65 Å². The number of nitrogens with one attached hydrogen (secondary N) is 2. The minimum absolute atomic E-state index is 0.111. The molecule has 2 aromatic heterocycles. The molecule has 5 rings (SSSR count). The van der Waals surface area contributed by atoms with E-state index in [-0.39, 0.29) is 24.9 Å². The van der Waals surface area contributed by atoms with E-state index in [0.717, 1.165) is 9.86 Å². The summed E-state index contributed by atoms with van der Waals surface area (Å²) in [6, 6.07) is 5.22. The third kappa shape index (κ3) is 2.67. The van der Waals surface area contributed by atoms with Crippen LogP contribution >= 0.6 is 15.9 Å². The topological polar surface area (TPSA) is 104 Å². The van der Waals surface area contributed by atoms with E-state index >= 15 is 0 Å². The van der Waals surface area contributed by atoms with Crippen LogP contribution < -0.4 is 5.32 Å². The highest BCUT2D eigenvalue weighted by atomic mass is 79.9. The van der Waals surface area contributed by atoms with Gasteiger partial charge in [0.1, 0.15) is 12.7 Å². The SMILES string of the molecule is O=C(CN1C[C@@]2(C[C@H]2F)c2cc(Br)ccc2C1=O)Nc1ncc2cn[nH]c2n1. The molecule has 0 saturated heterocycles. The molecule has 1 fully saturated rings. The Balaban J connectivity index is 1.37. The van der Waals surface area contributed by atoms with Gasteiger partial charge in [-0.2, -0.15) is 10.1 Å². The molecule has 1 saturated carbocycles. The lowest BCUT2D eigenvalue weighted by Gasteiger charge is -2.34. The highest BCUT2D eigenvalue weighted by molar-refractivity contribution is 9.10. The van der Waals surface area contributed by atoms with Gasteiger partial charge in [0.2, 0.25) is 11.9 Å². The molecule has 2 atom stereocenters. The fourth-order valence-electron chi connectivity index (χ4n) is 3.75. The van der Waals surface area contributed by atoms with Gasteiger partial charge in [0.05, 0.1) is 11.6 Å². The number of hydrogen-bond acceptors (Lipinski definition) is 5. The largest absolute Gasteiger partial charge is 0.328 e. The highest BCUT2D eigenvalue weighted by Gasteiger charge is 2.61. The first-order valence-corrected chi connectivity index (χ1v) is 9.45. The number of H-pyrrole nitrogens is 1. The number of aromatic amines is 1. The van der Waals surface area contributed by atoms with Gasteiger partial charge in [-0.3, -0.25) is 20.0 Å². The normalized spacial score (nSPS) is 23.1. The van der Waals surface area contributed by atoms with E-state index in [1.165, 1.54) is 11.1 Å². The number of nitrogens with zero attached hydrogens (tertiary/aromatic N) is 4. The molecule has 1 aliphatic carbocycles. The van der Waals surface area contributed by atoms with Crippen LogP contribution in [0.3, 0.4) is 0 Å². The highest BCUT2D eigenvalue weighted by Crippen LogP contribution is 2.54. The van der Waals surface area contributed by atoms with Gasteiger partial charge in [0.25, 0.3) is 5.91 Å². The van der Waals surface area contributed by atoms with Gasteiger partial charge < -0.3 is 4.90 Å². The summed E-state index contributed by atoms with van der Waals surface area (Å²) in [4.78, 5) is 34.9. The minimum atomic E-state index is -1.02. The average Bonchev–Trinajstić information content (AvgIpc) is 3.08. The first-order chi connectivity index (χ1) is 13.5. The van der Waals surface area contributed by atoms with Crippen LogP contribution in [0.1, 0.15) is 22.3 Å². The Kier molecular flexibility index (Phi) is 3.73. The van der Waals surface area contributed by atoms with E-state index in [1.54, 1.807) is 24.4 Å². The van der Waals surface area contributed by atoms with E-state index in [1.807, 2.05) is 0 Å². The fourth-order valence-corrected chi connectivity index (χ4v) is 4.11. The standard InChI is InChI=1S/C18H14BrFN6O2/c19-10-1-2-11-12(3-10)18(4-13(18)20)8-26(16(11)28)7-14(27)23-17-21-5-9-6-22-25-15(9)24-17/h1-3,5-6,13H,4,7-8H2,(H2,21,22,23,24,25,27)/t13-,18+/m1/s1. The molecular formula is C18H14BrFN6O2. The lowest BCUT2D eigenvalue weighted by Crippen LogP contribution is -2.47. The summed E-state index contributed by atoms with van der Waals surface area (Å²) in [5, 5.41) is 9.85. The van der Waals surface area contributed by atoms with E-state index in [0.29, 0.717) is 23.2 Å². The van der Waals surface area contributed by atoms with Crippen molar-refractivity contribution in [1.82, 2.24) is 25.1 Å². The Labute approximate surface area is 166 Å². The zero-order valence-electron chi connectivity index (χ0n) is 14.4. The van der Waals surface area contributed by atoms with Crippen LogP contribution in [0.2, 0.25) is 0 Å². The molecule has 8 nitrogen and oxygen atoms in total. The number of anilines is 1. The Morgan fingerprint density at radius 2 is 2.25 bits per heavy atom. The van der Waals surface area contributed by atoms with Crippen LogP contribution in [-0.4, -0.2) is 56.1 Å². The molecule has 3 aromatic rings. The molecule has 2 N–H and O–H groups in total. The summed E-state index contributed by atoms with van der Waals surface area (Å²) in [5.74, 6) is -0.619. The summed E-state index contributed by atoms with van der Waals surface area (Å²) in [7, 11) is 0. The van der Waals surface area contributed by atoms with Crippen LogP contribution in [0.25, 0.3) is 11.0 Å². The van der Waals surface area contributed by atoms with Crippen LogP contribution in [0.5, 0.6) is 0 Å². The predicted octanol–water partition coefficient (Wildman–Crippen LogP) is 2.19. The monoisotopic (exact) mass is 444 g/mol. The van der Waals surface area contributed by atoms with E-state index in [4.69, 9.17) is 0 Å². The number of halogens is 2. The molecule has 28 heavy (non-hydrogen) atoms. The summed E-state index contributed by atoms with van der Waals surface area (Å²) >= 11 is 3.38. The van der Waals surface area contributed by atoms with Crippen LogP contribution in [0, 0.1) is 0 Å². The van der Waals surface area contributed by atoms with Crippen LogP contribution in [-0.2, 0) is 10.2 Å². The first kappa shape index (κ1) is 17.2. The zero-order chi connectivity index (χ0) is 19.5. The lowest BCUT2D eigenvalue weighted by atomic mass is 9.86. The van der Waals surface area contributed by atoms with E-state index in [9.17, 15) is 14.0 Å². The van der Waals surface area contributed by atoms with Crippen LogP contribution in [0.4, 0.5) is 10.3 Å². The Morgan fingerprint density at radius 3 is 3.04 bits per heavy atom. The molecule has 142 valence electrons. The van der Waals surface area contributed by atoms with E-state index in [2.05, 4.69) is 41.4 Å². The second kappa shape index (κ2) is 6.06. The molecule has 10 heteroatoms. The molecule has 2 aliphatic rings. The molecular weight excluding hydrogens is 431 g/mol. The number of rotatable bonds is 3. The van der Waals surface area contributed by atoms with E-state index < -0.39 is 17.5 Å². The van der Waals surface area contributed by atoms with Crippen molar-refractivity contribution in [2.45, 2.75) is 18.0 Å². The number of benzene rings is 1. The van der Waals surface area contributed by atoms with Gasteiger partial charge in [-0.1, -0.05) is 15.9 Å². The molecule has 0 bridgehead atoms. The zero-order valence-corrected chi connectivity index (χ0v) is 16.0. The maximum absolute atomic E-state index is 14.3. The maximum atomic E-state index is 14.3. The van der Waals surface area contributed by atoms with Crippen molar-refractivity contribution in [3.8, 4) is 0 Å². The van der Waals surface area contributed by atoms with Gasteiger partial charge in [0, 0.05) is 28.2 Å². The minimum Gasteiger partial charge on any atom is -0.328 e. The first-order valence-electron chi connectivity index (χ1n) is 8.66. The van der Waals surface area contributed by atoms with Gasteiger partial charge in [-0.15, -0.1) is 0 Å². The van der Waals surface area contributed by atoms with Gasteiger partial charge in [-0.05, 0) is 30.2 Å². The molecule has 1 aromatic carbocycles. The summed E-state index contributed by atoms with van der Waals surface area (Å²) in [6.07, 6.45) is 2.44. The van der Waals surface area contributed by atoms with Crippen molar-refractivity contribution in [3.63, 3.8) is 0 Å². The maximum Gasteiger partial charge on any atom is 0.254 e. The van der Waals surface area contributed by atoms with Crippen molar-refractivity contribution >= 4 is 44.7 Å². The smallest absolute Gasteiger partial charge is 0.254 e. The van der Waals surface area contributed by atoms with Gasteiger partial charge >= 0.3 is 0 Å². The molecule has 0 unspecified atom stereocenters. The Morgan fingerprint density at radius 1 is 1.43 bits per heavy atom. The summed E-state index contributed by atoms with van der Waals surface area (Å²) < 4.78 is 15.1. The summed E-state index contributed by atoms with van der Waals surface area (Å²) in [6.45, 7) is -0.0303. The second-order valence-electron chi connectivity index (χ2n) is 7.09. The third-order valence-corrected chi connectivity index (χ3v) is 5.76. The number of hydrogen-bond donors (Lipinski definition) is 2. The number of aromatic nitrogens is 4. The van der Waals surface area contributed by atoms with Crippen molar-refractivity contribution < 1.29 is 14.0 Å². The molecule has 2 amide bonds. The van der Waals surface area contributed by atoms with Crippen molar-refractivity contribution in [2.75, 3.05) is 18.4 Å². The van der Waals surface area contributed by atoms with Gasteiger partial charge in [-0.25, -0.2) is 9.37 Å². The lowest BCUT2D eigenvalue weighted by molar-refractivity contribution is -0.117. The number of fused-ring (bicyclic) bond motifs is 3. The van der Waals surface area contributed by atoms with Crippen molar-refractivity contribution in [1.29, 1.82) is 0 Å². The molecule has 1 spiro atoms.